The van der Waals surface area contributed by atoms with Gasteiger partial charge in [0.25, 0.3) is 0 Å². The summed E-state index contributed by atoms with van der Waals surface area (Å²) in [5, 5.41) is 12.0. The van der Waals surface area contributed by atoms with Crippen molar-refractivity contribution in [3.05, 3.63) is 38.9 Å². The predicted molar refractivity (Wildman–Crippen MR) is 79.0 cm³/mol. The smallest absolute Gasteiger partial charge is 0.173 e. The molecule has 0 saturated heterocycles. The van der Waals surface area contributed by atoms with Crippen LogP contribution in [0.4, 0.5) is 5.82 Å². The number of fused-ring (bicyclic) bond motifs is 1. The summed E-state index contributed by atoms with van der Waals surface area (Å²) >= 11 is 9.50. The Morgan fingerprint density at radius 2 is 2.20 bits per heavy atom. The number of nitrogens with zero attached hydrogens (tertiary/aromatic N) is 4. The van der Waals surface area contributed by atoms with E-state index < -0.39 is 0 Å². The number of aromatic nitrogens is 4. The Labute approximate surface area is 128 Å². The first-order valence-electron chi connectivity index (χ1n) is 5.92. The van der Waals surface area contributed by atoms with Crippen LogP contribution in [0.1, 0.15) is 17.1 Å². The molecule has 0 radical (unpaired) electrons. The van der Waals surface area contributed by atoms with Gasteiger partial charge in [-0.3, -0.25) is 0 Å². The van der Waals surface area contributed by atoms with E-state index in [0.29, 0.717) is 17.3 Å². The Morgan fingerprint density at radius 3 is 2.90 bits per heavy atom. The van der Waals surface area contributed by atoms with Gasteiger partial charge in [-0.05, 0) is 29.8 Å². The molecule has 20 heavy (non-hydrogen) atoms. The summed E-state index contributed by atoms with van der Waals surface area (Å²) < 4.78 is 7.57. The van der Waals surface area contributed by atoms with Crippen LogP contribution in [0.2, 0.25) is 5.15 Å². The van der Waals surface area contributed by atoms with Gasteiger partial charge < -0.3 is 9.84 Å². The first-order valence-corrected chi connectivity index (χ1v) is 7.09. The average Bonchev–Trinajstić information content (AvgIpc) is 2.94. The van der Waals surface area contributed by atoms with Crippen LogP contribution in [-0.2, 0) is 6.54 Å². The van der Waals surface area contributed by atoms with E-state index in [4.69, 9.17) is 16.1 Å². The summed E-state index contributed by atoms with van der Waals surface area (Å²) in [6.45, 7) is 4.27. The number of aryl methyl sites for hydroxylation is 2. The van der Waals surface area contributed by atoms with E-state index in [1.54, 1.807) is 10.6 Å². The van der Waals surface area contributed by atoms with Gasteiger partial charge in [0.05, 0.1) is 16.7 Å². The van der Waals surface area contributed by atoms with Crippen molar-refractivity contribution >= 4 is 39.0 Å². The molecule has 0 aromatic carbocycles. The molecule has 0 aliphatic heterocycles. The van der Waals surface area contributed by atoms with Gasteiger partial charge >= 0.3 is 0 Å². The normalized spacial score (nSPS) is 11.2. The number of hydrogen-bond acceptors (Lipinski definition) is 5. The molecule has 0 fully saturated rings. The second-order valence-electron chi connectivity index (χ2n) is 4.38. The lowest BCUT2D eigenvalue weighted by molar-refractivity contribution is 0.391. The molecule has 0 amide bonds. The average molecular weight is 357 g/mol. The van der Waals surface area contributed by atoms with Gasteiger partial charge in [0.1, 0.15) is 22.4 Å². The monoisotopic (exact) mass is 355 g/mol. The number of rotatable bonds is 3. The van der Waals surface area contributed by atoms with Crippen LogP contribution in [0, 0.1) is 13.8 Å². The molecule has 104 valence electrons. The van der Waals surface area contributed by atoms with Crippen molar-refractivity contribution in [2.75, 3.05) is 5.32 Å². The highest BCUT2D eigenvalue weighted by Gasteiger charge is 2.13. The fourth-order valence-electron chi connectivity index (χ4n) is 1.88. The quantitative estimate of drug-likeness (QED) is 0.729. The van der Waals surface area contributed by atoms with Gasteiger partial charge in [0.15, 0.2) is 5.65 Å². The number of anilines is 1. The number of nitrogens with one attached hydrogen (secondary N) is 1. The van der Waals surface area contributed by atoms with Gasteiger partial charge in [-0.2, -0.15) is 9.61 Å². The van der Waals surface area contributed by atoms with E-state index in [9.17, 15) is 0 Å². The highest BCUT2D eigenvalue weighted by Crippen LogP contribution is 2.25. The summed E-state index contributed by atoms with van der Waals surface area (Å²) in [6, 6.07) is 3.59. The van der Waals surface area contributed by atoms with Crippen LogP contribution in [0.3, 0.4) is 0 Å². The van der Waals surface area contributed by atoms with Gasteiger partial charge in [-0.25, -0.2) is 4.98 Å². The fraction of sp³-hybridized carbons (Fsp3) is 0.250. The Hall–Kier alpha value is -1.60. The zero-order valence-electron chi connectivity index (χ0n) is 10.8. The molecule has 3 heterocycles. The van der Waals surface area contributed by atoms with Crippen molar-refractivity contribution in [3.8, 4) is 0 Å². The standard InChI is InChI=1S/C12H11BrClN5O/c1-6-3-8(18-20-6)5-15-10-4-9(14)16-12-11(13)7(2)17-19(10)12/h3-4,15H,5H2,1-2H3. The minimum atomic E-state index is 0.400. The van der Waals surface area contributed by atoms with E-state index in [2.05, 4.69) is 36.5 Å². The topological polar surface area (TPSA) is 68.2 Å². The van der Waals surface area contributed by atoms with E-state index in [-0.39, 0.29) is 0 Å². The van der Waals surface area contributed by atoms with Crippen LogP contribution < -0.4 is 5.32 Å². The first kappa shape index (κ1) is 13.4. The second-order valence-corrected chi connectivity index (χ2v) is 5.56. The lowest BCUT2D eigenvalue weighted by atomic mass is 10.4. The van der Waals surface area contributed by atoms with Crippen molar-refractivity contribution in [2.45, 2.75) is 20.4 Å². The van der Waals surface area contributed by atoms with Gasteiger partial charge in [-0.15, -0.1) is 0 Å². The van der Waals surface area contributed by atoms with Gasteiger partial charge in [-0.1, -0.05) is 16.8 Å². The number of halogens is 2. The molecule has 8 heteroatoms. The van der Waals surface area contributed by atoms with E-state index in [1.165, 1.54) is 0 Å². The largest absolute Gasteiger partial charge is 0.364 e. The minimum Gasteiger partial charge on any atom is -0.364 e. The summed E-state index contributed by atoms with van der Waals surface area (Å²) in [7, 11) is 0. The summed E-state index contributed by atoms with van der Waals surface area (Å²) in [5.41, 5.74) is 2.33. The van der Waals surface area contributed by atoms with Crippen LogP contribution in [0.5, 0.6) is 0 Å². The second kappa shape index (κ2) is 5.06. The molecule has 0 saturated carbocycles. The molecule has 3 aromatic rings. The number of hydrogen-bond donors (Lipinski definition) is 1. The SMILES string of the molecule is Cc1cc(CNc2cc(Cl)nc3c(Br)c(C)nn23)no1. The maximum Gasteiger partial charge on any atom is 0.173 e. The molecular formula is C12H11BrClN5O. The third-order valence-electron chi connectivity index (χ3n) is 2.79. The van der Waals surface area contributed by atoms with Gasteiger partial charge in [0, 0.05) is 12.1 Å². The molecule has 0 aliphatic carbocycles. The van der Waals surface area contributed by atoms with E-state index >= 15 is 0 Å². The van der Waals surface area contributed by atoms with Crippen LogP contribution >= 0.6 is 27.5 Å². The molecule has 6 nitrogen and oxygen atoms in total. The molecule has 3 aromatic heterocycles. The van der Waals surface area contributed by atoms with Crippen molar-refractivity contribution in [1.29, 1.82) is 0 Å². The van der Waals surface area contributed by atoms with E-state index in [1.807, 2.05) is 19.9 Å². The van der Waals surface area contributed by atoms with Crippen molar-refractivity contribution in [1.82, 2.24) is 19.8 Å². The Morgan fingerprint density at radius 1 is 1.40 bits per heavy atom. The third kappa shape index (κ3) is 2.38. The van der Waals surface area contributed by atoms with Crippen molar-refractivity contribution in [3.63, 3.8) is 0 Å². The Kier molecular flexibility index (Phi) is 3.39. The van der Waals surface area contributed by atoms with Crippen LogP contribution in [-0.4, -0.2) is 19.8 Å². The third-order valence-corrected chi connectivity index (χ3v) is 3.91. The zero-order chi connectivity index (χ0) is 14.3. The molecule has 0 spiro atoms. The predicted octanol–water partition coefficient (Wildman–Crippen LogP) is 3.36. The van der Waals surface area contributed by atoms with E-state index in [0.717, 1.165) is 27.4 Å². The minimum absolute atomic E-state index is 0.400. The van der Waals surface area contributed by atoms with Crippen molar-refractivity contribution < 1.29 is 4.52 Å². The lowest BCUT2D eigenvalue weighted by Gasteiger charge is -2.07. The first-order chi connectivity index (χ1) is 9.54. The molecule has 0 aliphatic rings. The summed E-state index contributed by atoms with van der Waals surface area (Å²) in [6.07, 6.45) is 0. The van der Waals surface area contributed by atoms with Crippen LogP contribution in [0.15, 0.2) is 21.1 Å². The maximum atomic E-state index is 6.04. The summed E-state index contributed by atoms with van der Waals surface area (Å²) in [4.78, 5) is 4.26. The Balaban J connectivity index is 1.96. The highest BCUT2D eigenvalue weighted by molar-refractivity contribution is 9.10. The zero-order valence-corrected chi connectivity index (χ0v) is 13.2. The molecule has 0 unspecified atom stereocenters. The molecule has 0 bridgehead atoms. The molecular weight excluding hydrogens is 346 g/mol. The van der Waals surface area contributed by atoms with Crippen molar-refractivity contribution in [2.24, 2.45) is 0 Å². The molecule has 3 rings (SSSR count). The maximum absolute atomic E-state index is 6.04. The summed E-state index contributed by atoms with van der Waals surface area (Å²) in [5.74, 6) is 1.52. The molecule has 0 atom stereocenters. The molecule has 1 N–H and O–H groups in total. The van der Waals surface area contributed by atoms with Crippen LogP contribution in [0.25, 0.3) is 5.65 Å². The van der Waals surface area contributed by atoms with Gasteiger partial charge in [0.2, 0.25) is 0 Å². The highest BCUT2D eigenvalue weighted by atomic mass is 79.9. The lowest BCUT2D eigenvalue weighted by Crippen LogP contribution is -2.06. The Bertz CT molecular complexity index is 782. The fourth-order valence-corrected chi connectivity index (χ4v) is 2.40.